The average molecular weight is 693 g/mol. The SMILES string of the molecule is C=C(C)OC(=O)c1cc[c]([Bi]([c]2ccc(C(=O)OC(=C)C)cc2)[c]2ccc(C(=O)OC(=C)C)cc2)cc1. The Balaban J connectivity index is 1.99. The maximum absolute atomic E-state index is 12.3. The standard InChI is InChI=1S/3C10H9O2.Bi/c3*1-8(2)12-10(11)9-6-4-3-5-7-9;/h3*4-7H,1H2,2H3;. The van der Waals surface area contributed by atoms with Crippen LogP contribution < -0.4 is 9.81 Å². The number of rotatable bonds is 9. The predicted octanol–water partition coefficient (Wildman–Crippen LogP) is 4.27. The zero-order valence-corrected chi connectivity index (χ0v) is 24.4. The van der Waals surface area contributed by atoms with Crippen molar-refractivity contribution in [2.45, 2.75) is 20.8 Å². The quantitative estimate of drug-likeness (QED) is 0.144. The van der Waals surface area contributed by atoms with Gasteiger partial charge >= 0.3 is 225 Å². The van der Waals surface area contributed by atoms with E-state index in [0.717, 1.165) is 9.81 Å². The molecule has 0 heterocycles. The number of esters is 3. The van der Waals surface area contributed by atoms with Gasteiger partial charge in [-0.2, -0.15) is 0 Å². The van der Waals surface area contributed by atoms with Crippen LogP contribution in [0.25, 0.3) is 0 Å². The molecule has 7 heteroatoms. The number of carbonyl (C=O) groups excluding carboxylic acids is 3. The summed E-state index contributed by atoms with van der Waals surface area (Å²) < 4.78 is 18.6. The molecule has 0 atom stereocenters. The minimum absolute atomic E-state index is 0.321. The number of allylic oxidation sites excluding steroid dienone is 3. The Morgan fingerprint density at radius 1 is 0.486 bits per heavy atom. The molecule has 3 aromatic carbocycles. The number of benzene rings is 3. The van der Waals surface area contributed by atoms with Gasteiger partial charge in [0.15, 0.2) is 0 Å². The Kier molecular flexibility index (Phi) is 9.32. The second-order valence-electron chi connectivity index (χ2n) is 8.25. The van der Waals surface area contributed by atoms with Crippen LogP contribution in [0.4, 0.5) is 0 Å². The summed E-state index contributed by atoms with van der Waals surface area (Å²) in [5, 5.41) is 0. The predicted molar refractivity (Wildman–Crippen MR) is 145 cm³/mol. The monoisotopic (exact) mass is 692 g/mol. The summed E-state index contributed by atoms with van der Waals surface area (Å²) in [4.78, 5) is 36.8. The molecule has 0 aliphatic rings. The van der Waals surface area contributed by atoms with E-state index in [0.29, 0.717) is 34.0 Å². The number of carbonyl (C=O) groups is 3. The molecule has 3 rings (SSSR count). The molecule has 6 nitrogen and oxygen atoms in total. The third-order valence-electron chi connectivity index (χ3n) is 4.88. The van der Waals surface area contributed by atoms with Gasteiger partial charge in [-0.1, -0.05) is 0 Å². The Hall–Kier alpha value is -3.83. The Morgan fingerprint density at radius 3 is 0.892 bits per heavy atom. The zero-order valence-electron chi connectivity index (χ0n) is 20.9. The van der Waals surface area contributed by atoms with Crippen molar-refractivity contribution in [3.8, 4) is 0 Å². The normalized spacial score (nSPS) is 10.4. The van der Waals surface area contributed by atoms with E-state index in [1.807, 2.05) is 36.4 Å². The van der Waals surface area contributed by atoms with Crippen molar-refractivity contribution in [1.82, 2.24) is 0 Å². The van der Waals surface area contributed by atoms with Crippen LogP contribution in [0.5, 0.6) is 0 Å². The van der Waals surface area contributed by atoms with Crippen LogP contribution in [0.1, 0.15) is 51.8 Å². The molecular weight excluding hydrogens is 665 g/mol. The summed E-state index contributed by atoms with van der Waals surface area (Å²) in [5.74, 6) is -0.439. The fourth-order valence-electron chi connectivity index (χ4n) is 3.34. The van der Waals surface area contributed by atoms with E-state index in [2.05, 4.69) is 19.7 Å². The molecule has 0 bridgehead atoms. The van der Waals surface area contributed by atoms with Crippen molar-refractivity contribution in [2.24, 2.45) is 0 Å². The van der Waals surface area contributed by atoms with Crippen molar-refractivity contribution in [3.63, 3.8) is 0 Å². The second kappa shape index (κ2) is 12.4. The van der Waals surface area contributed by atoms with Gasteiger partial charge in [-0.25, -0.2) is 0 Å². The van der Waals surface area contributed by atoms with Crippen molar-refractivity contribution in [2.75, 3.05) is 0 Å². The van der Waals surface area contributed by atoms with Crippen LogP contribution in [-0.2, 0) is 14.2 Å². The van der Waals surface area contributed by atoms with Crippen LogP contribution in [-0.4, -0.2) is 39.7 Å². The van der Waals surface area contributed by atoms with E-state index in [1.165, 1.54) is 0 Å². The first kappa shape index (κ1) is 27.8. The second-order valence-corrected chi connectivity index (χ2v) is 16.9. The molecule has 0 fully saturated rings. The van der Waals surface area contributed by atoms with Crippen molar-refractivity contribution in [1.29, 1.82) is 0 Å². The Bertz CT molecular complexity index is 1180. The molecule has 0 radical (unpaired) electrons. The molecule has 0 aliphatic carbocycles. The molecule has 3 aromatic rings. The summed E-state index contributed by atoms with van der Waals surface area (Å²) in [6.45, 7) is 15.7. The van der Waals surface area contributed by atoms with Crippen molar-refractivity contribution >= 4 is 49.5 Å². The van der Waals surface area contributed by atoms with Gasteiger partial charge in [-0.05, 0) is 0 Å². The first-order chi connectivity index (χ1) is 17.5. The van der Waals surface area contributed by atoms with Gasteiger partial charge in [0.05, 0.1) is 0 Å². The van der Waals surface area contributed by atoms with Crippen LogP contribution >= 0.6 is 0 Å². The van der Waals surface area contributed by atoms with E-state index in [9.17, 15) is 14.4 Å². The van der Waals surface area contributed by atoms with Gasteiger partial charge in [0.2, 0.25) is 0 Å². The molecule has 0 N–H and O–H groups in total. The first-order valence-corrected chi connectivity index (χ1v) is 16.5. The van der Waals surface area contributed by atoms with Crippen LogP contribution in [0.2, 0.25) is 0 Å². The van der Waals surface area contributed by atoms with Crippen LogP contribution in [0.3, 0.4) is 0 Å². The summed E-state index contributed by atoms with van der Waals surface area (Å²) >= 11 is -2.90. The molecule has 37 heavy (non-hydrogen) atoms. The van der Waals surface area contributed by atoms with Gasteiger partial charge in [-0.3, -0.25) is 0 Å². The van der Waals surface area contributed by atoms with Gasteiger partial charge < -0.3 is 0 Å². The molecular formula is C30H27BiO6. The summed E-state index contributed by atoms with van der Waals surface area (Å²) in [6.07, 6.45) is 0. The minimum atomic E-state index is -2.90. The van der Waals surface area contributed by atoms with Crippen LogP contribution in [0, 0.1) is 0 Å². The summed E-state index contributed by atoms with van der Waals surface area (Å²) in [6, 6.07) is 22.0. The summed E-state index contributed by atoms with van der Waals surface area (Å²) in [5.41, 5.74) is 1.27. The van der Waals surface area contributed by atoms with E-state index in [-0.39, 0.29) is 0 Å². The number of ether oxygens (including phenoxy) is 3. The van der Waals surface area contributed by atoms with Gasteiger partial charge in [0, 0.05) is 0 Å². The van der Waals surface area contributed by atoms with E-state index < -0.39 is 39.7 Å². The number of hydrogen-bond acceptors (Lipinski definition) is 6. The topological polar surface area (TPSA) is 78.9 Å². The molecule has 0 aromatic heterocycles. The van der Waals surface area contributed by atoms with Crippen LogP contribution in [0.15, 0.2) is 110 Å². The molecule has 0 aliphatic heterocycles. The summed E-state index contributed by atoms with van der Waals surface area (Å²) in [7, 11) is 0. The molecule has 0 saturated carbocycles. The Morgan fingerprint density at radius 2 is 0.703 bits per heavy atom. The molecule has 0 saturated heterocycles. The molecule has 188 valence electrons. The first-order valence-electron chi connectivity index (χ1n) is 11.3. The average Bonchev–Trinajstić information content (AvgIpc) is 2.84. The molecule has 0 spiro atoms. The van der Waals surface area contributed by atoms with E-state index in [1.54, 1.807) is 57.2 Å². The maximum atomic E-state index is 12.3. The third kappa shape index (κ3) is 7.58. The fraction of sp³-hybridized carbons (Fsp3) is 0.100. The van der Waals surface area contributed by atoms with Crippen molar-refractivity contribution in [3.05, 3.63) is 127 Å². The molecule has 0 amide bonds. The van der Waals surface area contributed by atoms with Gasteiger partial charge in [0.25, 0.3) is 0 Å². The van der Waals surface area contributed by atoms with E-state index >= 15 is 0 Å². The zero-order chi connectivity index (χ0) is 27.1. The van der Waals surface area contributed by atoms with E-state index in [4.69, 9.17) is 14.2 Å². The fourth-order valence-corrected chi connectivity index (χ4v) is 12.0. The number of hydrogen-bond donors (Lipinski definition) is 0. The Labute approximate surface area is 224 Å². The third-order valence-corrected chi connectivity index (χ3v) is 14.4. The van der Waals surface area contributed by atoms with Crippen molar-refractivity contribution < 1.29 is 28.6 Å². The molecule has 0 unspecified atom stereocenters. The van der Waals surface area contributed by atoms with Gasteiger partial charge in [-0.15, -0.1) is 0 Å². The van der Waals surface area contributed by atoms with Gasteiger partial charge in [0.1, 0.15) is 0 Å².